The highest BCUT2D eigenvalue weighted by Crippen LogP contribution is 2.37. The van der Waals surface area contributed by atoms with Crippen LogP contribution in [0.5, 0.6) is 0 Å². The van der Waals surface area contributed by atoms with Gasteiger partial charge in [-0.3, -0.25) is 0 Å². The first-order chi connectivity index (χ1) is 20.2. The Morgan fingerprint density at radius 2 is 0.951 bits per heavy atom. The largest absolute Gasteiger partial charge is 0.228 e. The van der Waals surface area contributed by atoms with Crippen LogP contribution < -0.4 is 0 Å². The molecule has 1 aromatic heterocycles. The lowest BCUT2D eigenvalue weighted by atomic mass is 9.94. The van der Waals surface area contributed by atoms with Gasteiger partial charge in [0.2, 0.25) is 0 Å². The first kappa shape index (κ1) is 25.0. The molecule has 41 heavy (non-hydrogen) atoms. The molecule has 0 saturated heterocycles. The maximum Gasteiger partial charge on any atom is 0.160 e. The van der Waals surface area contributed by atoms with Gasteiger partial charge in [-0.2, -0.15) is 0 Å². The SMILES string of the molecule is Clc1ccc(-c2cc(-c3ccc(-c4ccccc4)cc3)nc(-c3ccccc3)n2)c(-c2ccc3ccccc3c2)c1. The van der Waals surface area contributed by atoms with Gasteiger partial charge in [0.05, 0.1) is 11.4 Å². The lowest BCUT2D eigenvalue weighted by molar-refractivity contribution is 1.18. The van der Waals surface area contributed by atoms with E-state index in [-0.39, 0.29) is 0 Å². The van der Waals surface area contributed by atoms with Crippen molar-refractivity contribution in [2.75, 3.05) is 0 Å². The van der Waals surface area contributed by atoms with Crippen LogP contribution in [-0.2, 0) is 0 Å². The second-order valence-corrected chi connectivity index (χ2v) is 10.5. The summed E-state index contributed by atoms with van der Waals surface area (Å²) in [6.45, 7) is 0. The van der Waals surface area contributed by atoms with Gasteiger partial charge in [-0.1, -0.05) is 139 Å². The van der Waals surface area contributed by atoms with Crippen LogP contribution in [0.3, 0.4) is 0 Å². The van der Waals surface area contributed by atoms with Gasteiger partial charge in [0.1, 0.15) is 0 Å². The fourth-order valence-corrected chi connectivity index (χ4v) is 5.42. The molecule has 0 aliphatic rings. The Labute approximate surface area is 244 Å². The lowest BCUT2D eigenvalue weighted by Crippen LogP contribution is -1.97. The van der Waals surface area contributed by atoms with Crippen LogP contribution in [0, 0.1) is 0 Å². The predicted octanol–water partition coefficient (Wildman–Crippen LogP) is 10.6. The van der Waals surface area contributed by atoms with Crippen molar-refractivity contribution < 1.29 is 0 Å². The van der Waals surface area contributed by atoms with Crippen molar-refractivity contribution in [3.05, 3.63) is 157 Å². The molecule has 0 bridgehead atoms. The van der Waals surface area contributed by atoms with E-state index in [9.17, 15) is 0 Å². The van der Waals surface area contributed by atoms with E-state index < -0.39 is 0 Å². The first-order valence-electron chi connectivity index (χ1n) is 13.6. The highest BCUT2D eigenvalue weighted by molar-refractivity contribution is 6.31. The summed E-state index contributed by atoms with van der Waals surface area (Å²) in [5.74, 6) is 0.685. The summed E-state index contributed by atoms with van der Waals surface area (Å²) < 4.78 is 0. The maximum atomic E-state index is 6.56. The summed E-state index contributed by atoms with van der Waals surface area (Å²) in [5.41, 5.74) is 9.21. The summed E-state index contributed by atoms with van der Waals surface area (Å²) in [7, 11) is 0. The standard InChI is InChI=1S/C38H25ClN2/c39-33-21-22-34(35(24-33)32-20-17-27-11-7-8-14-31(27)23-32)37-25-36(40-38(41-37)30-12-5-2-6-13-30)29-18-15-28(16-19-29)26-9-3-1-4-10-26/h1-25H. The van der Waals surface area contributed by atoms with E-state index in [1.165, 1.54) is 21.9 Å². The minimum Gasteiger partial charge on any atom is -0.228 e. The van der Waals surface area contributed by atoms with Crippen LogP contribution in [0.4, 0.5) is 0 Å². The Kier molecular flexibility index (Phi) is 6.60. The average molecular weight is 545 g/mol. The zero-order valence-electron chi connectivity index (χ0n) is 22.2. The molecule has 0 unspecified atom stereocenters. The van der Waals surface area contributed by atoms with Crippen LogP contribution in [0.1, 0.15) is 0 Å². The van der Waals surface area contributed by atoms with Crippen LogP contribution >= 0.6 is 11.6 Å². The molecule has 7 rings (SSSR count). The number of fused-ring (bicyclic) bond motifs is 1. The van der Waals surface area contributed by atoms with Crippen LogP contribution in [-0.4, -0.2) is 9.97 Å². The van der Waals surface area contributed by atoms with Gasteiger partial charge in [-0.15, -0.1) is 0 Å². The number of aromatic nitrogens is 2. The zero-order chi connectivity index (χ0) is 27.6. The monoisotopic (exact) mass is 544 g/mol. The zero-order valence-corrected chi connectivity index (χ0v) is 23.0. The number of nitrogens with zero attached hydrogens (tertiary/aromatic N) is 2. The predicted molar refractivity (Wildman–Crippen MR) is 172 cm³/mol. The number of hydrogen-bond donors (Lipinski definition) is 0. The second-order valence-electron chi connectivity index (χ2n) is 10.0. The van der Waals surface area contributed by atoms with E-state index in [1.54, 1.807) is 0 Å². The molecular weight excluding hydrogens is 520 g/mol. The van der Waals surface area contributed by atoms with Gasteiger partial charge in [0.25, 0.3) is 0 Å². The normalized spacial score (nSPS) is 11.0. The number of hydrogen-bond acceptors (Lipinski definition) is 2. The van der Waals surface area contributed by atoms with Crippen molar-refractivity contribution >= 4 is 22.4 Å². The van der Waals surface area contributed by atoms with Gasteiger partial charge in [-0.05, 0) is 57.3 Å². The molecule has 7 aromatic rings. The van der Waals surface area contributed by atoms with Crippen molar-refractivity contribution in [1.29, 1.82) is 0 Å². The lowest BCUT2D eigenvalue weighted by Gasteiger charge is -2.14. The fourth-order valence-electron chi connectivity index (χ4n) is 5.25. The van der Waals surface area contributed by atoms with Crippen molar-refractivity contribution in [3.8, 4) is 56.2 Å². The van der Waals surface area contributed by atoms with Crippen molar-refractivity contribution in [1.82, 2.24) is 9.97 Å². The first-order valence-corrected chi connectivity index (χ1v) is 14.0. The summed E-state index contributed by atoms with van der Waals surface area (Å²) in [4.78, 5) is 10.1. The van der Waals surface area contributed by atoms with Gasteiger partial charge >= 0.3 is 0 Å². The quantitative estimate of drug-likeness (QED) is 0.215. The van der Waals surface area contributed by atoms with E-state index in [1.807, 2.05) is 48.5 Å². The molecule has 2 nitrogen and oxygen atoms in total. The van der Waals surface area contributed by atoms with Gasteiger partial charge in [0.15, 0.2) is 5.82 Å². The molecule has 0 N–H and O–H groups in total. The second kappa shape index (κ2) is 10.8. The molecule has 1 heterocycles. The summed E-state index contributed by atoms with van der Waals surface area (Å²) in [6.07, 6.45) is 0. The molecule has 0 saturated carbocycles. The molecule has 0 spiro atoms. The molecule has 0 aliphatic carbocycles. The van der Waals surface area contributed by atoms with Crippen molar-refractivity contribution in [2.24, 2.45) is 0 Å². The molecule has 3 heteroatoms. The minimum atomic E-state index is 0.685. The summed E-state index contributed by atoms with van der Waals surface area (Å²) in [6, 6.07) is 52.1. The Morgan fingerprint density at radius 3 is 1.71 bits per heavy atom. The highest BCUT2D eigenvalue weighted by atomic mass is 35.5. The smallest absolute Gasteiger partial charge is 0.160 e. The molecule has 194 valence electrons. The van der Waals surface area contributed by atoms with Crippen LogP contribution in [0.15, 0.2) is 152 Å². The Bertz CT molecular complexity index is 1980. The molecule has 0 aliphatic heterocycles. The average Bonchev–Trinajstić information content (AvgIpc) is 3.05. The number of rotatable bonds is 5. The van der Waals surface area contributed by atoms with Gasteiger partial charge in [0, 0.05) is 21.7 Å². The van der Waals surface area contributed by atoms with Crippen molar-refractivity contribution in [3.63, 3.8) is 0 Å². The molecule has 6 aromatic carbocycles. The molecular formula is C38H25ClN2. The number of benzene rings is 6. The van der Waals surface area contributed by atoms with E-state index in [0.29, 0.717) is 10.8 Å². The fraction of sp³-hybridized carbons (Fsp3) is 0. The summed E-state index contributed by atoms with van der Waals surface area (Å²) >= 11 is 6.56. The van der Waals surface area contributed by atoms with E-state index in [4.69, 9.17) is 21.6 Å². The maximum absolute atomic E-state index is 6.56. The number of halogens is 1. The Hall–Kier alpha value is -5.05. The molecule has 0 radical (unpaired) electrons. The van der Waals surface area contributed by atoms with Gasteiger partial charge < -0.3 is 0 Å². The van der Waals surface area contributed by atoms with Gasteiger partial charge in [-0.25, -0.2) is 9.97 Å². The molecule has 0 amide bonds. The van der Waals surface area contributed by atoms with E-state index in [0.717, 1.165) is 39.2 Å². The highest BCUT2D eigenvalue weighted by Gasteiger charge is 2.15. The van der Waals surface area contributed by atoms with E-state index >= 15 is 0 Å². The Balaban J connectivity index is 1.39. The molecule has 0 fully saturated rings. The topological polar surface area (TPSA) is 25.8 Å². The van der Waals surface area contributed by atoms with Crippen LogP contribution in [0.25, 0.3) is 66.9 Å². The molecule has 0 atom stereocenters. The Morgan fingerprint density at radius 1 is 0.366 bits per heavy atom. The third-order valence-electron chi connectivity index (χ3n) is 7.36. The van der Waals surface area contributed by atoms with E-state index in [2.05, 4.69) is 103 Å². The van der Waals surface area contributed by atoms with Crippen LogP contribution in [0.2, 0.25) is 5.02 Å². The minimum absolute atomic E-state index is 0.685. The third kappa shape index (κ3) is 5.14. The third-order valence-corrected chi connectivity index (χ3v) is 7.60. The van der Waals surface area contributed by atoms with Crippen molar-refractivity contribution in [2.45, 2.75) is 0 Å². The summed E-state index contributed by atoms with van der Waals surface area (Å²) in [5, 5.41) is 3.07.